The van der Waals surface area contributed by atoms with Crippen LogP contribution < -0.4 is 5.32 Å². The highest BCUT2D eigenvalue weighted by Crippen LogP contribution is 2.09. The SMILES string of the molecule is CCCOC(C)CNC(=O)N1CCN(Cc2ccc(F)cc2)CC1. The van der Waals surface area contributed by atoms with Crippen LogP contribution in [-0.4, -0.2) is 61.3 Å². The molecule has 2 rings (SSSR count). The summed E-state index contributed by atoms with van der Waals surface area (Å²) in [6.07, 6.45) is 1.02. The predicted molar refractivity (Wildman–Crippen MR) is 92.4 cm³/mol. The van der Waals surface area contributed by atoms with Gasteiger partial charge in [-0.3, -0.25) is 4.90 Å². The van der Waals surface area contributed by atoms with E-state index in [0.29, 0.717) is 19.6 Å². The van der Waals surface area contributed by atoms with Crippen LogP contribution in [-0.2, 0) is 11.3 Å². The maximum Gasteiger partial charge on any atom is 0.317 e. The van der Waals surface area contributed by atoms with Gasteiger partial charge in [0, 0.05) is 45.9 Å². The van der Waals surface area contributed by atoms with E-state index in [4.69, 9.17) is 4.74 Å². The zero-order valence-electron chi connectivity index (χ0n) is 14.6. The average Bonchev–Trinajstić information content (AvgIpc) is 2.60. The highest BCUT2D eigenvalue weighted by Gasteiger charge is 2.21. The quantitative estimate of drug-likeness (QED) is 0.831. The topological polar surface area (TPSA) is 44.8 Å². The Balaban J connectivity index is 1.68. The molecule has 0 spiro atoms. The van der Waals surface area contributed by atoms with Crippen LogP contribution in [0.5, 0.6) is 0 Å². The van der Waals surface area contributed by atoms with Crippen molar-refractivity contribution in [1.29, 1.82) is 0 Å². The fraction of sp³-hybridized carbons (Fsp3) is 0.611. The molecule has 1 aliphatic heterocycles. The number of carbonyl (C=O) groups is 1. The van der Waals surface area contributed by atoms with Crippen LogP contribution in [0.25, 0.3) is 0 Å². The summed E-state index contributed by atoms with van der Waals surface area (Å²) in [6, 6.07) is 6.57. The number of nitrogens with zero attached hydrogens (tertiary/aromatic N) is 2. The number of piperazine rings is 1. The Bertz CT molecular complexity index is 501. The molecule has 1 aromatic rings. The molecule has 2 amide bonds. The van der Waals surface area contributed by atoms with Gasteiger partial charge in [0.1, 0.15) is 5.82 Å². The Kier molecular flexibility index (Phi) is 7.46. The van der Waals surface area contributed by atoms with Crippen molar-refractivity contribution in [3.63, 3.8) is 0 Å². The molecular formula is C18H28FN3O2. The van der Waals surface area contributed by atoms with Crippen molar-refractivity contribution in [1.82, 2.24) is 15.1 Å². The molecule has 1 atom stereocenters. The molecule has 24 heavy (non-hydrogen) atoms. The zero-order valence-corrected chi connectivity index (χ0v) is 14.6. The van der Waals surface area contributed by atoms with E-state index in [1.165, 1.54) is 12.1 Å². The molecule has 0 radical (unpaired) electrons. The average molecular weight is 337 g/mol. The molecule has 1 heterocycles. The summed E-state index contributed by atoms with van der Waals surface area (Å²) >= 11 is 0. The third kappa shape index (κ3) is 6.09. The summed E-state index contributed by atoms with van der Waals surface area (Å²) < 4.78 is 18.5. The van der Waals surface area contributed by atoms with Gasteiger partial charge < -0.3 is 15.0 Å². The minimum Gasteiger partial charge on any atom is -0.377 e. The number of ether oxygens (including phenoxy) is 1. The lowest BCUT2D eigenvalue weighted by Crippen LogP contribution is -2.52. The molecule has 5 nitrogen and oxygen atoms in total. The largest absolute Gasteiger partial charge is 0.377 e. The molecule has 1 N–H and O–H groups in total. The molecule has 0 aliphatic carbocycles. The lowest BCUT2D eigenvalue weighted by molar-refractivity contribution is 0.0654. The Morgan fingerprint density at radius 1 is 1.25 bits per heavy atom. The van der Waals surface area contributed by atoms with Gasteiger partial charge in [-0.15, -0.1) is 0 Å². The van der Waals surface area contributed by atoms with Crippen LogP contribution in [0.2, 0.25) is 0 Å². The Hall–Kier alpha value is -1.66. The number of halogens is 1. The minimum atomic E-state index is -0.211. The van der Waals surface area contributed by atoms with Crippen molar-refractivity contribution in [2.24, 2.45) is 0 Å². The van der Waals surface area contributed by atoms with E-state index in [1.807, 2.05) is 24.0 Å². The van der Waals surface area contributed by atoms with Crippen molar-refractivity contribution in [3.8, 4) is 0 Å². The van der Waals surface area contributed by atoms with E-state index < -0.39 is 0 Å². The summed E-state index contributed by atoms with van der Waals surface area (Å²) in [6.45, 7) is 9.15. The van der Waals surface area contributed by atoms with Gasteiger partial charge in [-0.25, -0.2) is 9.18 Å². The second-order valence-corrected chi connectivity index (χ2v) is 6.26. The third-order valence-corrected chi connectivity index (χ3v) is 4.13. The summed E-state index contributed by atoms with van der Waals surface area (Å²) in [7, 11) is 0. The number of urea groups is 1. The van der Waals surface area contributed by atoms with Crippen LogP contribution in [0, 0.1) is 5.82 Å². The first-order valence-corrected chi connectivity index (χ1v) is 8.69. The number of amides is 2. The molecule has 1 aromatic carbocycles. The van der Waals surface area contributed by atoms with Crippen molar-refractivity contribution in [3.05, 3.63) is 35.6 Å². The number of carbonyl (C=O) groups excluding carboxylic acids is 1. The molecule has 0 aromatic heterocycles. The second-order valence-electron chi connectivity index (χ2n) is 6.26. The first-order valence-electron chi connectivity index (χ1n) is 8.69. The first-order chi connectivity index (χ1) is 11.6. The van der Waals surface area contributed by atoms with Crippen molar-refractivity contribution in [2.75, 3.05) is 39.3 Å². The van der Waals surface area contributed by atoms with E-state index in [-0.39, 0.29) is 18.0 Å². The van der Waals surface area contributed by atoms with Gasteiger partial charge in [-0.05, 0) is 31.0 Å². The fourth-order valence-electron chi connectivity index (χ4n) is 2.68. The van der Waals surface area contributed by atoms with Gasteiger partial charge in [0.05, 0.1) is 6.10 Å². The zero-order chi connectivity index (χ0) is 17.4. The van der Waals surface area contributed by atoms with E-state index in [1.54, 1.807) is 0 Å². The number of rotatable bonds is 7. The van der Waals surface area contributed by atoms with Crippen LogP contribution in [0.3, 0.4) is 0 Å². The van der Waals surface area contributed by atoms with Crippen molar-refractivity contribution >= 4 is 6.03 Å². The minimum absolute atomic E-state index is 0.0246. The number of benzene rings is 1. The summed E-state index contributed by atoms with van der Waals surface area (Å²) in [5, 5.41) is 2.93. The molecule has 1 unspecified atom stereocenters. The van der Waals surface area contributed by atoms with E-state index in [9.17, 15) is 9.18 Å². The van der Waals surface area contributed by atoms with Crippen LogP contribution in [0.15, 0.2) is 24.3 Å². The monoisotopic (exact) mass is 337 g/mol. The molecule has 1 aliphatic rings. The van der Waals surface area contributed by atoms with E-state index in [2.05, 4.69) is 17.1 Å². The van der Waals surface area contributed by atoms with Gasteiger partial charge in [-0.1, -0.05) is 19.1 Å². The van der Waals surface area contributed by atoms with Gasteiger partial charge in [0.2, 0.25) is 0 Å². The molecule has 0 saturated carbocycles. The first kappa shape index (κ1) is 18.7. The third-order valence-electron chi connectivity index (χ3n) is 4.13. The van der Waals surface area contributed by atoms with Crippen LogP contribution in [0.4, 0.5) is 9.18 Å². The van der Waals surface area contributed by atoms with E-state index >= 15 is 0 Å². The maximum absolute atomic E-state index is 12.9. The maximum atomic E-state index is 12.9. The number of nitrogens with one attached hydrogen (secondary N) is 1. The highest BCUT2D eigenvalue weighted by atomic mass is 19.1. The lowest BCUT2D eigenvalue weighted by Gasteiger charge is -2.34. The van der Waals surface area contributed by atoms with Gasteiger partial charge in [-0.2, -0.15) is 0 Å². The van der Waals surface area contributed by atoms with Crippen molar-refractivity contribution in [2.45, 2.75) is 32.9 Å². The van der Waals surface area contributed by atoms with Gasteiger partial charge in [0.25, 0.3) is 0 Å². The Labute approximate surface area is 143 Å². The lowest BCUT2D eigenvalue weighted by atomic mass is 10.2. The van der Waals surface area contributed by atoms with Gasteiger partial charge >= 0.3 is 6.03 Å². The number of hydrogen-bond donors (Lipinski definition) is 1. The fourth-order valence-corrected chi connectivity index (χ4v) is 2.68. The molecule has 1 fully saturated rings. The smallest absolute Gasteiger partial charge is 0.317 e. The number of hydrogen-bond acceptors (Lipinski definition) is 3. The van der Waals surface area contributed by atoms with Crippen molar-refractivity contribution < 1.29 is 13.9 Å². The predicted octanol–water partition coefficient (Wildman–Crippen LogP) is 2.47. The molecule has 0 bridgehead atoms. The Morgan fingerprint density at radius 2 is 1.92 bits per heavy atom. The molecule has 134 valence electrons. The standard InChI is InChI=1S/C18H28FN3O2/c1-3-12-24-15(2)13-20-18(23)22-10-8-21(9-11-22)14-16-4-6-17(19)7-5-16/h4-7,15H,3,8-14H2,1-2H3,(H,20,23). The Morgan fingerprint density at radius 3 is 2.54 bits per heavy atom. The van der Waals surface area contributed by atoms with E-state index in [0.717, 1.165) is 38.2 Å². The summed E-state index contributed by atoms with van der Waals surface area (Å²) in [5.74, 6) is -0.211. The molecule has 6 heteroatoms. The molecular weight excluding hydrogens is 309 g/mol. The second kappa shape index (κ2) is 9.59. The van der Waals surface area contributed by atoms with Crippen LogP contribution in [0.1, 0.15) is 25.8 Å². The summed E-state index contributed by atoms with van der Waals surface area (Å²) in [4.78, 5) is 16.3. The van der Waals surface area contributed by atoms with Gasteiger partial charge in [0.15, 0.2) is 0 Å². The normalized spacial score (nSPS) is 16.9. The summed E-state index contributed by atoms with van der Waals surface area (Å²) in [5.41, 5.74) is 1.09. The highest BCUT2D eigenvalue weighted by molar-refractivity contribution is 5.74. The van der Waals surface area contributed by atoms with Crippen LogP contribution >= 0.6 is 0 Å². The molecule has 1 saturated heterocycles.